The van der Waals surface area contributed by atoms with Crippen molar-refractivity contribution in [1.82, 2.24) is 10.3 Å². The zero-order valence-electron chi connectivity index (χ0n) is 13.9. The summed E-state index contributed by atoms with van der Waals surface area (Å²) < 4.78 is 46.5. The van der Waals surface area contributed by atoms with Crippen LogP contribution >= 0.6 is 15.9 Å². The van der Waals surface area contributed by atoms with Gasteiger partial charge in [-0.15, -0.1) is 0 Å². The van der Waals surface area contributed by atoms with Crippen LogP contribution in [0.25, 0.3) is 0 Å². The van der Waals surface area contributed by atoms with Crippen LogP contribution in [-0.2, 0) is 14.3 Å². The molecule has 1 heterocycles. The van der Waals surface area contributed by atoms with Gasteiger partial charge in [0.05, 0.1) is 6.61 Å². The first-order chi connectivity index (χ1) is 11.5. The molecule has 0 saturated heterocycles. The van der Waals surface area contributed by atoms with Gasteiger partial charge >= 0.3 is 17.8 Å². The molecule has 25 heavy (non-hydrogen) atoms. The number of ether oxygens (including phenoxy) is 1. The van der Waals surface area contributed by atoms with Gasteiger partial charge in [-0.25, -0.2) is 9.78 Å². The van der Waals surface area contributed by atoms with E-state index in [9.17, 15) is 22.8 Å². The summed E-state index contributed by atoms with van der Waals surface area (Å²) in [5.74, 6) is -3.05. The Labute approximate surface area is 151 Å². The topological polar surface area (TPSA) is 80.3 Å². The van der Waals surface area contributed by atoms with Crippen LogP contribution in [0.5, 0.6) is 0 Å². The van der Waals surface area contributed by atoms with Crippen LogP contribution in [0.2, 0.25) is 0 Å². The Hall–Kier alpha value is -1.84. The quantitative estimate of drug-likeness (QED) is 0.517. The van der Waals surface area contributed by atoms with E-state index in [0.29, 0.717) is 4.47 Å². The van der Waals surface area contributed by atoms with Gasteiger partial charge in [0.2, 0.25) is 5.91 Å². The highest BCUT2D eigenvalue weighted by molar-refractivity contribution is 9.10. The second-order valence-corrected chi connectivity index (χ2v) is 6.52. The van der Waals surface area contributed by atoms with E-state index >= 15 is 0 Å². The molecule has 0 aliphatic rings. The van der Waals surface area contributed by atoms with Crippen LogP contribution in [0.15, 0.2) is 22.8 Å². The van der Waals surface area contributed by atoms with Crippen LogP contribution < -0.4 is 10.6 Å². The summed E-state index contributed by atoms with van der Waals surface area (Å²) in [6.45, 7) is 4.42. The lowest BCUT2D eigenvalue weighted by molar-refractivity contribution is -0.208. The Bertz CT molecular complexity index is 608. The molecule has 0 spiro atoms. The molecule has 2 N–H and O–H groups in total. The SMILES string of the molecule is CCOC(=O)C(NC(=O)CC(C)C)(Nc1ccc(Br)cn1)C(F)(F)F. The van der Waals surface area contributed by atoms with E-state index in [1.165, 1.54) is 25.3 Å². The van der Waals surface area contributed by atoms with Crippen molar-refractivity contribution in [2.45, 2.75) is 39.0 Å². The fourth-order valence-electron chi connectivity index (χ4n) is 1.90. The Morgan fingerprint density at radius 3 is 2.40 bits per heavy atom. The maximum Gasteiger partial charge on any atom is 0.441 e. The molecule has 1 atom stereocenters. The van der Waals surface area contributed by atoms with E-state index in [2.05, 4.69) is 25.7 Å². The number of nitrogens with one attached hydrogen (secondary N) is 2. The fourth-order valence-corrected chi connectivity index (χ4v) is 2.14. The van der Waals surface area contributed by atoms with Crippen LogP contribution in [0.3, 0.4) is 0 Å². The first-order valence-corrected chi connectivity index (χ1v) is 8.25. The molecule has 0 aliphatic carbocycles. The van der Waals surface area contributed by atoms with Crippen molar-refractivity contribution in [3.05, 3.63) is 22.8 Å². The predicted molar refractivity (Wildman–Crippen MR) is 88.6 cm³/mol. The second kappa shape index (κ2) is 8.50. The van der Waals surface area contributed by atoms with Gasteiger partial charge in [-0.1, -0.05) is 13.8 Å². The van der Waals surface area contributed by atoms with Crippen LogP contribution in [0, 0.1) is 5.92 Å². The summed E-state index contributed by atoms with van der Waals surface area (Å²) in [4.78, 5) is 27.9. The van der Waals surface area contributed by atoms with Gasteiger partial charge in [0, 0.05) is 17.1 Å². The monoisotopic (exact) mass is 425 g/mol. The zero-order valence-corrected chi connectivity index (χ0v) is 15.5. The molecule has 0 radical (unpaired) electrons. The van der Waals surface area contributed by atoms with E-state index in [0.717, 1.165) is 0 Å². The second-order valence-electron chi connectivity index (χ2n) is 5.60. The number of carbonyl (C=O) groups excluding carboxylic acids is 2. The largest absolute Gasteiger partial charge is 0.463 e. The zero-order chi connectivity index (χ0) is 19.3. The summed E-state index contributed by atoms with van der Waals surface area (Å²) in [6.07, 6.45) is -4.10. The minimum absolute atomic E-state index is 0.188. The molecule has 0 fully saturated rings. The Morgan fingerprint density at radius 2 is 1.96 bits per heavy atom. The Balaban J connectivity index is 3.31. The average Bonchev–Trinajstić information content (AvgIpc) is 2.47. The van der Waals surface area contributed by atoms with E-state index in [1.807, 2.05) is 5.32 Å². The number of hydrogen-bond donors (Lipinski definition) is 2. The molecule has 140 valence electrons. The van der Waals surface area contributed by atoms with Gasteiger partial charge in [-0.2, -0.15) is 13.2 Å². The molecular weight excluding hydrogens is 407 g/mol. The molecule has 0 aliphatic heterocycles. The van der Waals surface area contributed by atoms with Crippen molar-refractivity contribution < 1.29 is 27.5 Å². The number of alkyl halides is 3. The number of carbonyl (C=O) groups is 2. The normalized spacial score (nSPS) is 13.9. The third kappa shape index (κ3) is 5.58. The lowest BCUT2D eigenvalue weighted by atomic mass is 10.1. The number of aromatic nitrogens is 1. The van der Waals surface area contributed by atoms with Crippen molar-refractivity contribution in [3.8, 4) is 0 Å². The highest BCUT2D eigenvalue weighted by atomic mass is 79.9. The molecule has 1 aromatic rings. The van der Waals surface area contributed by atoms with Crippen molar-refractivity contribution in [3.63, 3.8) is 0 Å². The molecule has 1 amide bonds. The highest BCUT2D eigenvalue weighted by Gasteiger charge is 2.63. The third-order valence-electron chi connectivity index (χ3n) is 2.97. The van der Waals surface area contributed by atoms with E-state index < -0.39 is 23.7 Å². The predicted octanol–water partition coefficient (Wildman–Crippen LogP) is 3.24. The molecule has 0 saturated carbocycles. The Kier molecular flexibility index (Phi) is 7.21. The molecule has 1 rings (SSSR count). The van der Waals surface area contributed by atoms with Crippen molar-refractivity contribution in [2.24, 2.45) is 5.92 Å². The van der Waals surface area contributed by atoms with Gasteiger partial charge < -0.3 is 15.4 Å². The van der Waals surface area contributed by atoms with Gasteiger partial charge in [0.1, 0.15) is 5.82 Å². The van der Waals surface area contributed by atoms with Crippen molar-refractivity contribution >= 4 is 33.6 Å². The summed E-state index contributed by atoms with van der Waals surface area (Å²) in [5.41, 5.74) is -3.43. The summed E-state index contributed by atoms with van der Waals surface area (Å²) in [5, 5.41) is 3.73. The number of esters is 1. The third-order valence-corrected chi connectivity index (χ3v) is 3.44. The first kappa shape index (κ1) is 21.2. The Morgan fingerprint density at radius 1 is 1.32 bits per heavy atom. The summed E-state index contributed by atoms with van der Waals surface area (Å²) >= 11 is 3.11. The van der Waals surface area contributed by atoms with Crippen LogP contribution in [-0.4, -0.2) is 35.3 Å². The lowest BCUT2D eigenvalue weighted by Gasteiger charge is -2.35. The highest BCUT2D eigenvalue weighted by Crippen LogP contribution is 2.33. The molecule has 0 bridgehead atoms. The van der Waals surface area contributed by atoms with Crippen LogP contribution in [0.1, 0.15) is 27.2 Å². The van der Waals surface area contributed by atoms with Gasteiger partial charge in [0.15, 0.2) is 0 Å². The lowest BCUT2D eigenvalue weighted by Crippen LogP contribution is -2.69. The minimum Gasteiger partial charge on any atom is -0.463 e. The number of hydrogen-bond acceptors (Lipinski definition) is 5. The molecular formula is C15H19BrF3N3O3. The minimum atomic E-state index is -5.17. The number of anilines is 1. The smallest absolute Gasteiger partial charge is 0.441 e. The molecule has 6 nitrogen and oxygen atoms in total. The van der Waals surface area contributed by atoms with Gasteiger partial charge in [0.25, 0.3) is 0 Å². The van der Waals surface area contributed by atoms with E-state index in [-0.39, 0.29) is 24.8 Å². The van der Waals surface area contributed by atoms with E-state index in [1.54, 1.807) is 19.2 Å². The van der Waals surface area contributed by atoms with Gasteiger partial charge in [-0.05, 0) is 40.9 Å². The number of pyridine rings is 1. The maximum atomic E-state index is 13.8. The number of amides is 1. The number of halogens is 4. The number of nitrogens with zero attached hydrogens (tertiary/aromatic N) is 1. The van der Waals surface area contributed by atoms with Crippen molar-refractivity contribution in [2.75, 3.05) is 11.9 Å². The average molecular weight is 426 g/mol. The molecule has 1 unspecified atom stereocenters. The molecule has 10 heteroatoms. The first-order valence-electron chi connectivity index (χ1n) is 7.46. The summed E-state index contributed by atoms with van der Waals surface area (Å²) in [7, 11) is 0. The fraction of sp³-hybridized carbons (Fsp3) is 0.533. The van der Waals surface area contributed by atoms with Crippen LogP contribution in [0.4, 0.5) is 19.0 Å². The molecule has 0 aromatic carbocycles. The number of rotatable bonds is 7. The van der Waals surface area contributed by atoms with Crippen molar-refractivity contribution in [1.29, 1.82) is 0 Å². The van der Waals surface area contributed by atoms with E-state index in [4.69, 9.17) is 0 Å². The standard InChI is InChI=1S/C15H19BrF3N3O3/c1-4-25-13(24)14(15(17,18)19,22-12(23)7-9(2)3)21-11-6-5-10(16)8-20-11/h5-6,8-9H,4,7H2,1-3H3,(H,20,21)(H,22,23). The maximum absolute atomic E-state index is 13.8. The molecule has 1 aromatic heterocycles. The summed E-state index contributed by atoms with van der Waals surface area (Å²) in [6, 6.07) is 2.68. The van der Waals surface area contributed by atoms with Gasteiger partial charge in [-0.3, -0.25) is 4.79 Å².